The first-order valence-electron chi connectivity index (χ1n) is 15.2. The van der Waals surface area contributed by atoms with E-state index < -0.39 is 0 Å². The van der Waals surface area contributed by atoms with Gasteiger partial charge in [0.2, 0.25) is 5.95 Å². The van der Waals surface area contributed by atoms with Crippen molar-refractivity contribution in [1.29, 1.82) is 5.26 Å². The highest BCUT2D eigenvalue weighted by molar-refractivity contribution is 5.95. The first-order chi connectivity index (χ1) is 20.5. The molecule has 11 heteroatoms. The van der Waals surface area contributed by atoms with Gasteiger partial charge in [-0.05, 0) is 38.1 Å². The summed E-state index contributed by atoms with van der Waals surface area (Å²) in [6, 6.07) is 12.7. The molecule has 4 fully saturated rings. The predicted molar refractivity (Wildman–Crippen MR) is 162 cm³/mol. The molecule has 1 N–H and O–H groups in total. The van der Waals surface area contributed by atoms with Crippen LogP contribution in [0.25, 0.3) is 10.9 Å². The molecule has 1 aromatic carbocycles. The van der Waals surface area contributed by atoms with Crippen molar-refractivity contribution >= 4 is 28.4 Å². The SMILES string of the molecule is Cc1cc(N2CCN(C[C@H]3CN(c4ccc(C#N)c5ncccc45)C[C@@H](C)O3)CC2)nc(N2CC3OCCN[C@@H]3C2)n1. The molecular weight excluding hydrogens is 530 g/mol. The van der Waals surface area contributed by atoms with Crippen LogP contribution in [-0.4, -0.2) is 116 Å². The third-order valence-electron chi connectivity index (χ3n) is 8.91. The average molecular weight is 570 g/mol. The molecule has 0 bridgehead atoms. The van der Waals surface area contributed by atoms with Crippen LogP contribution < -0.4 is 20.0 Å². The number of benzene rings is 1. The van der Waals surface area contributed by atoms with E-state index in [1.54, 1.807) is 6.20 Å². The van der Waals surface area contributed by atoms with Crippen LogP contribution in [0.2, 0.25) is 0 Å². The number of hydrogen-bond acceptors (Lipinski definition) is 11. The van der Waals surface area contributed by atoms with E-state index in [1.165, 1.54) is 0 Å². The summed E-state index contributed by atoms with van der Waals surface area (Å²) >= 11 is 0. The predicted octanol–water partition coefficient (Wildman–Crippen LogP) is 1.80. The van der Waals surface area contributed by atoms with Gasteiger partial charge in [-0.1, -0.05) is 0 Å². The van der Waals surface area contributed by atoms with Gasteiger partial charge in [-0.2, -0.15) is 10.2 Å². The fourth-order valence-corrected chi connectivity index (χ4v) is 6.91. The van der Waals surface area contributed by atoms with E-state index >= 15 is 0 Å². The maximum Gasteiger partial charge on any atom is 0.227 e. The molecule has 220 valence electrons. The zero-order valence-electron chi connectivity index (χ0n) is 24.4. The van der Waals surface area contributed by atoms with Crippen LogP contribution in [0.5, 0.6) is 0 Å². The Labute approximate surface area is 247 Å². The zero-order valence-corrected chi connectivity index (χ0v) is 24.4. The molecule has 4 atom stereocenters. The summed E-state index contributed by atoms with van der Waals surface area (Å²) in [6.45, 7) is 13.9. The van der Waals surface area contributed by atoms with Gasteiger partial charge in [-0.15, -0.1) is 0 Å². The number of ether oxygens (including phenoxy) is 2. The van der Waals surface area contributed by atoms with Crippen LogP contribution in [0.3, 0.4) is 0 Å². The molecule has 2 aromatic heterocycles. The number of anilines is 3. The van der Waals surface area contributed by atoms with Gasteiger partial charge in [0.05, 0.1) is 42.0 Å². The van der Waals surface area contributed by atoms with Crippen LogP contribution in [0.15, 0.2) is 36.5 Å². The number of nitrogens with one attached hydrogen (secondary N) is 1. The summed E-state index contributed by atoms with van der Waals surface area (Å²) in [5, 5.41) is 14.2. The minimum absolute atomic E-state index is 0.102. The van der Waals surface area contributed by atoms with Crippen molar-refractivity contribution in [2.45, 2.75) is 38.2 Å². The number of morpholine rings is 2. The van der Waals surface area contributed by atoms with E-state index in [1.807, 2.05) is 12.1 Å². The van der Waals surface area contributed by atoms with Gasteiger partial charge in [0, 0.05) is 94.5 Å². The van der Waals surface area contributed by atoms with Gasteiger partial charge < -0.3 is 29.5 Å². The first-order valence-corrected chi connectivity index (χ1v) is 15.2. The number of nitrogens with zero attached hydrogens (tertiary/aromatic N) is 8. The largest absolute Gasteiger partial charge is 0.373 e. The minimum atomic E-state index is 0.102. The second-order valence-corrected chi connectivity index (χ2v) is 11.9. The summed E-state index contributed by atoms with van der Waals surface area (Å²) in [5.74, 6) is 1.82. The van der Waals surface area contributed by atoms with Gasteiger partial charge in [0.15, 0.2) is 0 Å². The Hall–Kier alpha value is -3.56. The second-order valence-electron chi connectivity index (χ2n) is 11.9. The Balaban J connectivity index is 0.989. The fourth-order valence-electron chi connectivity index (χ4n) is 6.91. The van der Waals surface area contributed by atoms with Crippen molar-refractivity contribution < 1.29 is 9.47 Å². The van der Waals surface area contributed by atoms with Crippen molar-refractivity contribution in [3.05, 3.63) is 47.8 Å². The molecule has 0 saturated carbocycles. The highest BCUT2D eigenvalue weighted by Crippen LogP contribution is 2.31. The lowest BCUT2D eigenvalue weighted by Gasteiger charge is -2.42. The Morgan fingerprint density at radius 2 is 1.90 bits per heavy atom. The standard InChI is InChI=1S/C31H39N9O2/c1-21-14-29(36-31(35-21)40-19-26-28(20-40)41-13-8-33-26)38-11-9-37(10-12-38)17-24-18-39(16-22(2)42-24)27-6-5-23(15-32)30-25(27)4-3-7-34-30/h3-7,14,22,24,26,28,33H,8-13,16-20H2,1-2H3/t22-,24+,26-,28?/m1/s1. The minimum Gasteiger partial charge on any atom is -0.373 e. The van der Waals surface area contributed by atoms with Crippen LogP contribution in [-0.2, 0) is 9.47 Å². The molecule has 11 nitrogen and oxygen atoms in total. The van der Waals surface area contributed by atoms with Crippen LogP contribution in [0, 0.1) is 18.3 Å². The molecule has 42 heavy (non-hydrogen) atoms. The maximum atomic E-state index is 9.56. The topological polar surface area (TPSA) is 106 Å². The van der Waals surface area contributed by atoms with Gasteiger partial charge >= 0.3 is 0 Å². The van der Waals surface area contributed by atoms with Gasteiger partial charge in [0.1, 0.15) is 11.9 Å². The number of nitriles is 1. The molecular formula is C31H39N9O2. The summed E-state index contributed by atoms with van der Waals surface area (Å²) in [4.78, 5) is 23.9. The lowest BCUT2D eigenvalue weighted by molar-refractivity contribution is -0.0327. The lowest BCUT2D eigenvalue weighted by Crippen LogP contribution is -2.54. The summed E-state index contributed by atoms with van der Waals surface area (Å²) in [6.07, 6.45) is 2.18. The van der Waals surface area contributed by atoms with Gasteiger partial charge in [-0.3, -0.25) is 9.88 Å². The monoisotopic (exact) mass is 569 g/mol. The van der Waals surface area contributed by atoms with E-state index in [-0.39, 0.29) is 18.3 Å². The maximum absolute atomic E-state index is 9.56. The molecule has 7 rings (SSSR count). The number of aromatic nitrogens is 3. The number of rotatable bonds is 5. The van der Waals surface area contributed by atoms with E-state index in [4.69, 9.17) is 19.4 Å². The molecule has 0 radical (unpaired) electrons. The zero-order chi connectivity index (χ0) is 28.6. The van der Waals surface area contributed by atoms with Crippen molar-refractivity contribution in [2.75, 3.05) is 86.8 Å². The van der Waals surface area contributed by atoms with E-state index in [0.717, 1.165) is 106 Å². The molecule has 4 aliphatic rings. The highest BCUT2D eigenvalue weighted by atomic mass is 16.5. The summed E-state index contributed by atoms with van der Waals surface area (Å²) in [5.41, 5.74) is 3.49. The molecule has 0 amide bonds. The second kappa shape index (κ2) is 11.6. The number of hydrogen-bond donors (Lipinski definition) is 1. The molecule has 6 heterocycles. The van der Waals surface area contributed by atoms with Crippen LogP contribution in [0.1, 0.15) is 18.2 Å². The molecule has 4 aliphatic heterocycles. The van der Waals surface area contributed by atoms with E-state index in [2.05, 4.69) is 68.0 Å². The quantitative estimate of drug-likeness (QED) is 0.486. The van der Waals surface area contributed by atoms with Gasteiger partial charge in [0.25, 0.3) is 0 Å². The summed E-state index contributed by atoms with van der Waals surface area (Å²) in [7, 11) is 0. The fraction of sp³-hybridized carbons (Fsp3) is 0.548. The number of piperazine rings is 1. The van der Waals surface area contributed by atoms with E-state index in [9.17, 15) is 5.26 Å². The van der Waals surface area contributed by atoms with Crippen LogP contribution in [0.4, 0.5) is 17.5 Å². The molecule has 4 saturated heterocycles. The van der Waals surface area contributed by atoms with Crippen molar-refractivity contribution in [1.82, 2.24) is 25.2 Å². The number of aryl methyl sites for hydroxylation is 1. The van der Waals surface area contributed by atoms with E-state index in [0.29, 0.717) is 11.6 Å². The Bertz CT molecular complexity index is 1460. The third-order valence-corrected chi connectivity index (χ3v) is 8.91. The average Bonchev–Trinajstić information content (AvgIpc) is 3.45. The summed E-state index contributed by atoms with van der Waals surface area (Å²) < 4.78 is 12.4. The van der Waals surface area contributed by atoms with Crippen LogP contribution >= 0.6 is 0 Å². The molecule has 0 aliphatic carbocycles. The number of pyridine rings is 1. The molecule has 0 spiro atoms. The molecule has 3 aromatic rings. The van der Waals surface area contributed by atoms with Gasteiger partial charge in [-0.25, -0.2) is 4.98 Å². The first kappa shape index (κ1) is 27.3. The Kier molecular flexibility index (Phi) is 7.54. The molecule has 1 unspecified atom stereocenters. The van der Waals surface area contributed by atoms with Crippen molar-refractivity contribution in [3.63, 3.8) is 0 Å². The Morgan fingerprint density at radius 3 is 2.74 bits per heavy atom. The lowest BCUT2D eigenvalue weighted by atomic mass is 10.1. The van der Waals surface area contributed by atoms with Crippen molar-refractivity contribution in [2.24, 2.45) is 0 Å². The normalized spacial score (nSPS) is 26.8. The van der Waals surface area contributed by atoms with Crippen molar-refractivity contribution in [3.8, 4) is 6.07 Å². The number of fused-ring (bicyclic) bond motifs is 2. The third kappa shape index (κ3) is 5.47. The Morgan fingerprint density at radius 1 is 1.02 bits per heavy atom. The smallest absolute Gasteiger partial charge is 0.227 e. The highest BCUT2D eigenvalue weighted by Gasteiger charge is 2.37.